The number of anilines is 1. The Morgan fingerprint density at radius 1 is 0.946 bits per heavy atom. The Labute approximate surface area is 218 Å². The highest BCUT2D eigenvalue weighted by Crippen LogP contribution is 2.43. The van der Waals surface area contributed by atoms with E-state index in [9.17, 15) is 14.7 Å². The Kier molecular flexibility index (Phi) is 7.12. The molecule has 192 valence electrons. The van der Waals surface area contributed by atoms with Crippen LogP contribution in [0, 0.1) is 0 Å². The maximum Gasteiger partial charge on any atom is 0.300 e. The summed E-state index contributed by atoms with van der Waals surface area (Å²) in [6, 6.07) is 20.8. The highest BCUT2D eigenvalue weighted by molar-refractivity contribution is 6.51. The van der Waals surface area contributed by atoms with E-state index < -0.39 is 17.7 Å². The third-order valence-corrected chi connectivity index (χ3v) is 6.33. The number of ether oxygens (including phenoxy) is 2. The number of carbonyl (C=O) groups is 2. The van der Waals surface area contributed by atoms with Crippen molar-refractivity contribution >= 4 is 23.1 Å². The van der Waals surface area contributed by atoms with Gasteiger partial charge in [0.2, 0.25) is 0 Å². The first-order chi connectivity index (χ1) is 17.5. The highest BCUT2D eigenvalue weighted by Gasteiger charge is 2.47. The topological polar surface area (TPSA) is 76.1 Å². The second kappa shape index (κ2) is 10.1. The van der Waals surface area contributed by atoms with Gasteiger partial charge in [0.1, 0.15) is 17.3 Å². The SMILES string of the molecule is COc1ccc(/C(O)=C2/C(=O)C(=O)N(c3ccc(OC(C)C)cc3)C2c2ccccc2)cc1C(C)(C)C. The number of benzene rings is 3. The Bertz CT molecular complexity index is 1330. The fraction of sp³-hybridized carbons (Fsp3) is 0.290. The Balaban J connectivity index is 1.88. The number of rotatable bonds is 6. The van der Waals surface area contributed by atoms with E-state index in [-0.39, 0.29) is 22.9 Å². The minimum absolute atomic E-state index is 0.00637. The summed E-state index contributed by atoms with van der Waals surface area (Å²) in [6.45, 7) is 10.0. The lowest BCUT2D eigenvalue weighted by atomic mass is 9.84. The summed E-state index contributed by atoms with van der Waals surface area (Å²) < 4.78 is 11.3. The second-order valence-corrected chi connectivity index (χ2v) is 10.4. The molecule has 0 radical (unpaired) electrons. The molecule has 1 aliphatic heterocycles. The van der Waals surface area contributed by atoms with Crippen LogP contribution >= 0.6 is 0 Å². The van der Waals surface area contributed by atoms with Gasteiger partial charge in [-0.25, -0.2) is 0 Å². The molecule has 1 atom stereocenters. The standard InChI is InChI=1S/C31H33NO5/c1-19(2)37-23-15-13-22(14-16-23)32-27(20-10-8-7-9-11-20)26(29(34)30(32)35)28(33)21-12-17-25(36-6)24(18-21)31(3,4)5/h7-19,27,33H,1-6H3/b28-26-. The molecular formula is C31H33NO5. The molecule has 1 unspecified atom stereocenters. The fourth-order valence-corrected chi connectivity index (χ4v) is 4.60. The first kappa shape index (κ1) is 26.0. The van der Waals surface area contributed by atoms with Gasteiger partial charge in [-0.1, -0.05) is 51.1 Å². The van der Waals surface area contributed by atoms with Gasteiger partial charge in [0, 0.05) is 16.8 Å². The van der Waals surface area contributed by atoms with Crippen LogP contribution in [-0.2, 0) is 15.0 Å². The number of ketones is 1. The predicted molar refractivity (Wildman–Crippen MR) is 145 cm³/mol. The molecule has 1 amide bonds. The average molecular weight is 500 g/mol. The molecule has 1 N–H and O–H groups in total. The number of aliphatic hydroxyl groups is 1. The Hall–Kier alpha value is -4.06. The zero-order valence-corrected chi connectivity index (χ0v) is 22.1. The summed E-state index contributed by atoms with van der Waals surface area (Å²) in [5.74, 6) is -0.297. The van der Waals surface area contributed by atoms with Crippen molar-refractivity contribution in [3.63, 3.8) is 0 Å². The molecule has 3 aromatic carbocycles. The summed E-state index contributed by atoms with van der Waals surface area (Å²) in [5.41, 5.74) is 2.36. The first-order valence-electron chi connectivity index (χ1n) is 12.3. The van der Waals surface area contributed by atoms with E-state index in [4.69, 9.17) is 9.47 Å². The number of hydrogen-bond donors (Lipinski definition) is 1. The number of amides is 1. The number of carbonyl (C=O) groups excluding carboxylic acids is 2. The van der Waals surface area contributed by atoms with Gasteiger partial charge in [-0.2, -0.15) is 0 Å². The lowest BCUT2D eigenvalue weighted by Crippen LogP contribution is -2.29. The van der Waals surface area contributed by atoms with Crippen molar-refractivity contribution in [1.82, 2.24) is 0 Å². The summed E-state index contributed by atoms with van der Waals surface area (Å²) in [6.07, 6.45) is 0.00637. The third kappa shape index (κ3) is 5.10. The molecule has 1 fully saturated rings. The summed E-state index contributed by atoms with van der Waals surface area (Å²) in [7, 11) is 1.60. The van der Waals surface area contributed by atoms with Crippen molar-refractivity contribution < 1.29 is 24.2 Å². The smallest absolute Gasteiger partial charge is 0.300 e. The molecule has 6 nitrogen and oxygen atoms in total. The molecule has 4 rings (SSSR count). The van der Waals surface area contributed by atoms with Gasteiger partial charge in [-0.15, -0.1) is 0 Å². The quantitative estimate of drug-likeness (QED) is 0.241. The molecule has 1 heterocycles. The van der Waals surface area contributed by atoms with Crippen molar-refractivity contribution in [2.24, 2.45) is 0 Å². The molecule has 0 aromatic heterocycles. The third-order valence-electron chi connectivity index (χ3n) is 6.33. The Morgan fingerprint density at radius 3 is 2.16 bits per heavy atom. The van der Waals surface area contributed by atoms with Crippen molar-refractivity contribution in [2.45, 2.75) is 52.2 Å². The Morgan fingerprint density at radius 2 is 1.59 bits per heavy atom. The molecular weight excluding hydrogens is 466 g/mol. The van der Waals surface area contributed by atoms with Crippen LogP contribution in [0.3, 0.4) is 0 Å². The monoisotopic (exact) mass is 499 g/mol. The van der Waals surface area contributed by atoms with E-state index in [0.717, 1.165) is 11.1 Å². The zero-order chi connectivity index (χ0) is 26.9. The van der Waals surface area contributed by atoms with Crippen LogP contribution in [0.2, 0.25) is 0 Å². The molecule has 0 bridgehead atoms. The van der Waals surface area contributed by atoms with Crippen molar-refractivity contribution in [3.05, 3.63) is 95.1 Å². The molecule has 3 aromatic rings. The lowest BCUT2D eigenvalue weighted by Gasteiger charge is -2.26. The molecule has 0 aliphatic carbocycles. The molecule has 37 heavy (non-hydrogen) atoms. The van der Waals surface area contributed by atoms with Crippen LogP contribution in [-0.4, -0.2) is 30.0 Å². The minimum atomic E-state index is -0.793. The van der Waals surface area contributed by atoms with Crippen LogP contribution < -0.4 is 14.4 Å². The maximum atomic E-state index is 13.4. The first-order valence-corrected chi connectivity index (χ1v) is 12.3. The number of Topliss-reactive ketones (excluding diaryl/α,β-unsaturated/α-hetero) is 1. The van der Waals surface area contributed by atoms with E-state index in [0.29, 0.717) is 22.7 Å². The summed E-state index contributed by atoms with van der Waals surface area (Å²) in [5, 5.41) is 11.5. The van der Waals surface area contributed by atoms with E-state index in [1.165, 1.54) is 4.90 Å². The van der Waals surface area contributed by atoms with Crippen LogP contribution in [0.1, 0.15) is 57.4 Å². The minimum Gasteiger partial charge on any atom is -0.507 e. The van der Waals surface area contributed by atoms with Gasteiger partial charge in [-0.3, -0.25) is 14.5 Å². The fourth-order valence-electron chi connectivity index (χ4n) is 4.60. The maximum absolute atomic E-state index is 13.4. The van der Waals surface area contributed by atoms with E-state index in [1.807, 2.05) is 71.0 Å². The largest absolute Gasteiger partial charge is 0.507 e. The average Bonchev–Trinajstić information content (AvgIpc) is 3.13. The molecule has 0 spiro atoms. The van der Waals surface area contributed by atoms with Crippen LogP contribution in [0.25, 0.3) is 5.76 Å². The van der Waals surface area contributed by atoms with Crippen molar-refractivity contribution in [2.75, 3.05) is 12.0 Å². The van der Waals surface area contributed by atoms with Crippen molar-refractivity contribution in [3.8, 4) is 11.5 Å². The predicted octanol–water partition coefficient (Wildman–Crippen LogP) is 6.41. The molecule has 1 aliphatic rings. The number of hydrogen-bond acceptors (Lipinski definition) is 5. The number of methoxy groups -OCH3 is 1. The number of aliphatic hydroxyl groups excluding tert-OH is 1. The normalized spacial score (nSPS) is 17.4. The lowest BCUT2D eigenvalue weighted by molar-refractivity contribution is -0.132. The van der Waals surface area contributed by atoms with E-state index in [1.54, 1.807) is 43.5 Å². The van der Waals surface area contributed by atoms with Crippen LogP contribution in [0.4, 0.5) is 5.69 Å². The summed E-state index contributed by atoms with van der Waals surface area (Å²) in [4.78, 5) is 28.3. The molecule has 1 saturated heterocycles. The number of nitrogens with zero attached hydrogens (tertiary/aromatic N) is 1. The van der Waals surface area contributed by atoms with E-state index in [2.05, 4.69) is 0 Å². The van der Waals surface area contributed by atoms with Gasteiger partial charge in [0.05, 0.1) is 24.8 Å². The van der Waals surface area contributed by atoms with Gasteiger partial charge < -0.3 is 14.6 Å². The van der Waals surface area contributed by atoms with Crippen LogP contribution in [0.5, 0.6) is 11.5 Å². The van der Waals surface area contributed by atoms with Gasteiger partial charge in [0.25, 0.3) is 11.7 Å². The van der Waals surface area contributed by atoms with Gasteiger partial charge in [0.15, 0.2) is 0 Å². The van der Waals surface area contributed by atoms with Crippen molar-refractivity contribution in [1.29, 1.82) is 0 Å². The molecule has 0 saturated carbocycles. The van der Waals surface area contributed by atoms with Gasteiger partial charge in [-0.05, 0) is 67.3 Å². The molecule has 6 heteroatoms. The van der Waals surface area contributed by atoms with Gasteiger partial charge >= 0.3 is 0 Å². The van der Waals surface area contributed by atoms with Crippen LogP contribution in [0.15, 0.2) is 78.4 Å². The summed E-state index contributed by atoms with van der Waals surface area (Å²) >= 11 is 0. The van der Waals surface area contributed by atoms with E-state index >= 15 is 0 Å². The zero-order valence-electron chi connectivity index (χ0n) is 22.1. The second-order valence-electron chi connectivity index (χ2n) is 10.4. The highest BCUT2D eigenvalue weighted by atomic mass is 16.5.